The summed E-state index contributed by atoms with van der Waals surface area (Å²) in [6.07, 6.45) is 8.76. The number of carbonyl (C=O) groups is 2. The van der Waals surface area contributed by atoms with E-state index in [9.17, 15) is 22.4 Å². The van der Waals surface area contributed by atoms with Gasteiger partial charge in [0.15, 0.2) is 11.2 Å². The number of amides is 1. The molecule has 0 N–H and O–H groups in total. The molecular weight excluding hydrogens is 660 g/mol. The summed E-state index contributed by atoms with van der Waals surface area (Å²) in [7, 11) is -2.81. The number of benzene rings is 1. The van der Waals surface area contributed by atoms with Gasteiger partial charge in [0.1, 0.15) is 34.3 Å². The number of hydrogen-bond donors (Lipinski definition) is 0. The summed E-state index contributed by atoms with van der Waals surface area (Å²) >= 11 is 1.36. The van der Waals surface area contributed by atoms with Crippen LogP contribution in [0.5, 0.6) is 0 Å². The predicted molar refractivity (Wildman–Crippen MR) is 179 cm³/mol. The molecule has 0 spiro atoms. The van der Waals surface area contributed by atoms with Gasteiger partial charge in [0, 0.05) is 48.1 Å². The van der Waals surface area contributed by atoms with Crippen LogP contribution in [-0.2, 0) is 29.8 Å². The van der Waals surface area contributed by atoms with Crippen molar-refractivity contribution >= 4 is 44.8 Å². The fourth-order valence-corrected chi connectivity index (χ4v) is 8.88. The number of likely N-dealkylation sites (tertiary alicyclic amines) is 1. The Morgan fingerprint density at radius 1 is 1.15 bits per heavy atom. The molecule has 4 aromatic rings. The van der Waals surface area contributed by atoms with Gasteiger partial charge in [-0.1, -0.05) is 30.3 Å². The molecule has 2 atom stereocenters. The van der Waals surface area contributed by atoms with E-state index in [2.05, 4.69) is 9.97 Å². The smallest absolute Gasteiger partial charge is 0.410 e. The Bertz CT molecular complexity index is 2040. The summed E-state index contributed by atoms with van der Waals surface area (Å²) in [6, 6.07) is 9.98. The maximum absolute atomic E-state index is 14.8. The third-order valence-electron chi connectivity index (χ3n) is 8.45. The molecule has 2 unspecified atom stereocenters. The van der Waals surface area contributed by atoms with Gasteiger partial charge >= 0.3 is 6.09 Å². The van der Waals surface area contributed by atoms with Crippen molar-refractivity contribution in [1.29, 1.82) is 0 Å². The number of pyridine rings is 1. The number of fused-ring (bicyclic) bond motifs is 1. The van der Waals surface area contributed by atoms with E-state index in [0.717, 1.165) is 14.9 Å². The molecular formula is C34H35FN4O7S2. The number of rotatable bonds is 9. The van der Waals surface area contributed by atoms with E-state index in [-0.39, 0.29) is 25.5 Å². The van der Waals surface area contributed by atoms with Crippen LogP contribution in [0.3, 0.4) is 0 Å². The quantitative estimate of drug-likeness (QED) is 0.149. The molecule has 0 radical (unpaired) electrons. The molecule has 14 heteroatoms. The van der Waals surface area contributed by atoms with Crippen LogP contribution in [0.2, 0.25) is 0 Å². The van der Waals surface area contributed by atoms with Gasteiger partial charge < -0.3 is 19.1 Å². The van der Waals surface area contributed by atoms with Crippen molar-refractivity contribution in [2.24, 2.45) is 0 Å². The van der Waals surface area contributed by atoms with Gasteiger partial charge in [-0.3, -0.25) is 4.79 Å². The first-order valence-corrected chi connectivity index (χ1v) is 17.4. The summed E-state index contributed by atoms with van der Waals surface area (Å²) in [5.74, 6) is -1.42. The molecule has 1 amide bonds. The Balaban J connectivity index is 1.34. The highest BCUT2D eigenvalue weighted by molar-refractivity contribution is 7.91. The summed E-state index contributed by atoms with van der Waals surface area (Å²) in [5, 5.41) is 1.18. The van der Waals surface area contributed by atoms with Crippen LogP contribution in [0.4, 0.5) is 9.18 Å². The van der Waals surface area contributed by atoms with Crippen LogP contribution >= 0.6 is 11.3 Å². The van der Waals surface area contributed by atoms with E-state index >= 15 is 0 Å². The third-order valence-corrected chi connectivity index (χ3v) is 12.0. The topological polar surface area (TPSA) is 130 Å². The molecule has 0 bridgehead atoms. The second-order valence-corrected chi connectivity index (χ2v) is 16.2. The Morgan fingerprint density at radius 2 is 1.88 bits per heavy atom. The van der Waals surface area contributed by atoms with E-state index < -0.39 is 43.8 Å². The second-order valence-electron chi connectivity index (χ2n) is 13.0. The van der Waals surface area contributed by atoms with Crippen molar-refractivity contribution in [3.8, 4) is 10.4 Å². The Hall–Kier alpha value is -4.24. The minimum absolute atomic E-state index is 0.0114. The minimum Gasteiger partial charge on any atom is -0.444 e. The maximum atomic E-state index is 14.8. The largest absolute Gasteiger partial charge is 0.444 e. The zero-order chi connectivity index (χ0) is 34.5. The lowest BCUT2D eigenvalue weighted by Gasteiger charge is -2.47. The molecule has 0 saturated carbocycles. The van der Waals surface area contributed by atoms with Gasteiger partial charge in [-0.05, 0) is 57.5 Å². The molecule has 48 heavy (non-hydrogen) atoms. The number of halogens is 1. The fourth-order valence-electron chi connectivity index (χ4n) is 5.98. The standard InChI is InChI=1S/C34H35FN4O7S2/c1-32(2,3)46-31(41)38-19-34(20-38,45-21-44-5)30-37-17-28(47-30)25-12-14-36-29-26(25)13-15-39(29)48(42,43)33(4)16-24(35)10-11-27(33)23-8-6-22(18-40)7-9-23/h6-18,27H,19-21H2,1-5H3. The van der Waals surface area contributed by atoms with Gasteiger partial charge in [0.25, 0.3) is 0 Å². The van der Waals surface area contributed by atoms with Crippen molar-refractivity contribution in [3.05, 3.63) is 95.2 Å². The summed E-state index contributed by atoms with van der Waals surface area (Å²) < 4.78 is 59.9. The zero-order valence-electron chi connectivity index (χ0n) is 27.0. The maximum Gasteiger partial charge on any atom is 0.410 e. The van der Waals surface area contributed by atoms with E-state index in [0.29, 0.717) is 33.4 Å². The van der Waals surface area contributed by atoms with Crippen LogP contribution in [0.25, 0.3) is 21.5 Å². The molecule has 1 saturated heterocycles. The van der Waals surface area contributed by atoms with Gasteiger partial charge in [-0.25, -0.2) is 31.5 Å². The van der Waals surface area contributed by atoms with E-state index in [1.54, 1.807) is 68.3 Å². The first-order chi connectivity index (χ1) is 22.7. The summed E-state index contributed by atoms with van der Waals surface area (Å²) in [6.45, 7) is 7.30. The molecule has 1 fully saturated rings. The van der Waals surface area contributed by atoms with Gasteiger partial charge in [0.2, 0.25) is 10.0 Å². The zero-order valence-corrected chi connectivity index (χ0v) is 28.7. The van der Waals surface area contributed by atoms with Gasteiger partial charge in [-0.2, -0.15) is 0 Å². The molecule has 1 aromatic carbocycles. The molecule has 4 heterocycles. The molecule has 3 aromatic heterocycles. The van der Waals surface area contributed by atoms with Gasteiger partial charge in [-0.15, -0.1) is 11.3 Å². The van der Waals surface area contributed by atoms with Crippen LogP contribution in [0.1, 0.15) is 54.5 Å². The van der Waals surface area contributed by atoms with Crippen molar-refractivity contribution in [2.75, 3.05) is 27.0 Å². The highest BCUT2D eigenvalue weighted by Crippen LogP contribution is 2.45. The molecule has 252 valence electrons. The Labute approximate surface area is 281 Å². The number of aromatic nitrogens is 3. The lowest BCUT2D eigenvalue weighted by molar-refractivity contribution is -0.193. The fraction of sp³-hybridized carbons (Fsp3) is 0.353. The number of aldehydes is 1. The molecule has 1 aliphatic carbocycles. The van der Waals surface area contributed by atoms with E-state index in [1.165, 1.54) is 49.9 Å². The number of nitrogens with zero attached hydrogens (tertiary/aromatic N) is 4. The van der Waals surface area contributed by atoms with Crippen molar-refractivity contribution in [2.45, 2.75) is 49.6 Å². The van der Waals surface area contributed by atoms with Crippen molar-refractivity contribution < 1.29 is 36.6 Å². The lowest BCUT2D eigenvalue weighted by Crippen LogP contribution is -2.63. The molecule has 2 aliphatic rings. The normalized spacial score (nSPS) is 20.8. The number of allylic oxidation sites excluding steroid dienone is 3. The van der Waals surface area contributed by atoms with E-state index in [4.69, 9.17) is 14.2 Å². The molecule has 11 nitrogen and oxygen atoms in total. The number of carbonyl (C=O) groups excluding carboxylic acids is 2. The second kappa shape index (κ2) is 12.3. The SMILES string of the molecule is COCOC1(c2ncc(-c3ccnc4c3ccn4S(=O)(=O)C3(C)C=C(F)C=CC3c3ccc(C=O)cc3)s2)CN(C(=O)OC(C)(C)C)C1. The van der Waals surface area contributed by atoms with Crippen LogP contribution < -0.4 is 0 Å². The highest BCUT2D eigenvalue weighted by Gasteiger charge is 2.52. The third kappa shape index (κ3) is 5.87. The monoisotopic (exact) mass is 694 g/mol. The number of thiazole rings is 1. The van der Waals surface area contributed by atoms with Crippen LogP contribution in [0, 0.1) is 0 Å². The van der Waals surface area contributed by atoms with Gasteiger partial charge in [0.05, 0.1) is 18.0 Å². The number of ether oxygens (including phenoxy) is 3. The Kier molecular flexibility index (Phi) is 8.65. The molecule has 1 aliphatic heterocycles. The number of methoxy groups -OCH3 is 1. The Morgan fingerprint density at radius 3 is 2.54 bits per heavy atom. The van der Waals surface area contributed by atoms with E-state index in [1.807, 2.05) is 0 Å². The first-order valence-electron chi connectivity index (χ1n) is 15.1. The average molecular weight is 695 g/mol. The van der Waals surface area contributed by atoms with Crippen LogP contribution in [0.15, 0.2) is 79.0 Å². The first kappa shape index (κ1) is 33.7. The summed E-state index contributed by atoms with van der Waals surface area (Å²) in [4.78, 5) is 35.2. The predicted octanol–water partition coefficient (Wildman–Crippen LogP) is 6.18. The highest BCUT2D eigenvalue weighted by atomic mass is 32.2. The van der Waals surface area contributed by atoms with Crippen LogP contribution in [-0.4, -0.2) is 77.0 Å². The summed E-state index contributed by atoms with van der Waals surface area (Å²) in [5.41, 5.74) is 0.368. The van der Waals surface area contributed by atoms with Crippen molar-refractivity contribution in [1.82, 2.24) is 18.8 Å². The average Bonchev–Trinajstić information content (AvgIpc) is 3.68. The number of hydrogen-bond acceptors (Lipinski definition) is 10. The lowest BCUT2D eigenvalue weighted by atomic mass is 9.83. The molecule has 6 rings (SSSR count). The minimum atomic E-state index is -4.32. The van der Waals surface area contributed by atoms with Crippen molar-refractivity contribution in [3.63, 3.8) is 0 Å².